The number of carbonyl (C=O) groups excluding carboxylic acids is 2. The smallest absolute Gasteiger partial charge is 0.283 e. The summed E-state index contributed by atoms with van der Waals surface area (Å²) in [5, 5.41) is 1.67. The molecule has 1 aliphatic heterocycles. The molecule has 1 fully saturated rings. The average Bonchev–Trinajstić information content (AvgIpc) is 3.13. The maximum absolute atomic E-state index is 11.9. The van der Waals surface area contributed by atoms with E-state index in [-0.39, 0.29) is 11.2 Å². The Hall–Kier alpha value is -1.05. The summed E-state index contributed by atoms with van der Waals surface area (Å²) in [6.07, 6.45) is 4.08. The van der Waals surface area contributed by atoms with Gasteiger partial charge < -0.3 is 0 Å². The molecular formula is C12H19N4O2S. The zero-order chi connectivity index (χ0) is 14.0. The molecule has 0 spiro atoms. The van der Waals surface area contributed by atoms with Crippen LogP contribution in [0.5, 0.6) is 0 Å². The van der Waals surface area contributed by atoms with Crippen LogP contribution < -0.4 is 11.3 Å². The third-order valence-electron chi connectivity index (χ3n) is 3.10. The third-order valence-corrected chi connectivity index (χ3v) is 4.19. The molecule has 6 nitrogen and oxygen atoms in total. The van der Waals surface area contributed by atoms with E-state index in [0.29, 0.717) is 12.0 Å². The van der Waals surface area contributed by atoms with Gasteiger partial charge in [-0.3, -0.25) is 20.0 Å². The first-order valence-electron chi connectivity index (χ1n) is 6.37. The van der Waals surface area contributed by atoms with Crippen LogP contribution in [0, 0.1) is 5.92 Å². The van der Waals surface area contributed by atoms with Gasteiger partial charge in [-0.25, -0.2) is 10.6 Å². The number of hydrogen-bond donors (Lipinski definition) is 2. The summed E-state index contributed by atoms with van der Waals surface area (Å²) >= 11 is 1.46. The lowest BCUT2D eigenvalue weighted by Gasteiger charge is -2.35. The minimum atomic E-state index is -0.473. The zero-order valence-corrected chi connectivity index (χ0v) is 11.9. The summed E-state index contributed by atoms with van der Waals surface area (Å²) in [7, 11) is 0. The van der Waals surface area contributed by atoms with Crippen molar-refractivity contribution in [3.63, 3.8) is 0 Å². The number of urea groups is 1. The summed E-state index contributed by atoms with van der Waals surface area (Å²) in [6.45, 7) is 5.17. The Labute approximate surface area is 117 Å². The Morgan fingerprint density at radius 3 is 2.84 bits per heavy atom. The van der Waals surface area contributed by atoms with Gasteiger partial charge in [0.1, 0.15) is 11.2 Å². The number of allylic oxidation sites excluding steroid dienone is 1. The second kappa shape index (κ2) is 5.94. The number of rotatable bonds is 5. The van der Waals surface area contributed by atoms with E-state index >= 15 is 0 Å². The molecule has 0 bridgehead atoms. The van der Waals surface area contributed by atoms with E-state index in [1.165, 1.54) is 16.7 Å². The lowest BCUT2D eigenvalue weighted by molar-refractivity contribution is 0.128. The summed E-state index contributed by atoms with van der Waals surface area (Å²) < 4.78 is 0. The van der Waals surface area contributed by atoms with E-state index in [4.69, 9.17) is 5.84 Å². The van der Waals surface area contributed by atoms with Gasteiger partial charge in [0.05, 0.1) is 0 Å². The molecule has 1 unspecified atom stereocenters. The second-order valence-electron chi connectivity index (χ2n) is 5.21. The molecular weight excluding hydrogens is 264 g/mol. The number of nitrogens with zero attached hydrogens (tertiary/aromatic N) is 2. The molecule has 1 heterocycles. The van der Waals surface area contributed by atoms with E-state index in [1.807, 2.05) is 0 Å². The van der Waals surface area contributed by atoms with Crippen LogP contribution in [0.25, 0.3) is 0 Å². The summed E-state index contributed by atoms with van der Waals surface area (Å²) in [6, 6.07) is 0.0198. The standard InChI is InChI=1S/C12H19N4O2S/c1-8(2)5-15(9-3-4-9)12-16(11(18)14-13)10(6-17)7-19-12/h7-9,12H,3-5,13H2,1-2H3,(H,14,18). The Balaban J connectivity index is 2.16. The third kappa shape index (κ3) is 3.10. The fourth-order valence-corrected chi connectivity index (χ4v) is 3.35. The molecule has 0 saturated heterocycles. The molecule has 1 atom stereocenters. The van der Waals surface area contributed by atoms with Gasteiger partial charge in [-0.05, 0) is 18.8 Å². The van der Waals surface area contributed by atoms with E-state index in [0.717, 1.165) is 19.4 Å². The van der Waals surface area contributed by atoms with Crippen molar-refractivity contribution in [3.05, 3.63) is 11.1 Å². The van der Waals surface area contributed by atoms with E-state index in [1.54, 1.807) is 11.7 Å². The van der Waals surface area contributed by atoms with Gasteiger partial charge in [-0.1, -0.05) is 25.6 Å². The second-order valence-corrected chi connectivity index (χ2v) is 6.14. The number of nitrogens with two attached hydrogens (primary N) is 1. The molecule has 2 rings (SSSR count). The van der Waals surface area contributed by atoms with Crippen LogP contribution in [0.2, 0.25) is 0 Å². The molecule has 0 aromatic heterocycles. The molecule has 7 heteroatoms. The number of amides is 2. The first-order chi connectivity index (χ1) is 9.08. The van der Waals surface area contributed by atoms with Crippen LogP contribution in [0.4, 0.5) is 4.79 Å². The van der Waals surface area contributed by atoms with Crippen LogP contribution in [-0.4, -0.2) is 40.2 Å². The lowest BCUT2D eigenvalue weighted by atomic mass is 10.2. The Kier molecular flexibility index (Phi) is 4.49. The Morgan fingerprint density at radius 2 is 2.37 bits per heavy atom. The monoisotopic (exact) mass is 283 g/mol. The molecule has 19 heavy (non-hydrogen) atoms. The minimum absolute atomic E-state index is 0.199. The zero-order valence-electron chi connectivity index (χ0n) is 11.1. The number of thioether (sulfide) groups is 1. The molecule has 2 amide bonds. The summed E-state index contributed by atoms with van der Waals surface area (Å²) in [5.41, 5.74) is 2.14. The van der Waals surface area contributed by atoms with Crippen LogP contribution in [0.15, 0.2) is 11.1 Å². The Morgan fingerprint density at radius 1 is 1.68 bits per heavy atom. The van der Waals surface area contributed by atoms with E-state index in [2.05, 4.69) is 24.2 Å². The van der Waals surface area contributed by atoms with Gasteiger partial charge in [0.15, 0.2) is 0 Å². The van der Waals surface area contributed by atoms with Gasteiger partial charge in [0.25, 0.3) is 6.29 Å². The van der Waals surface area contributed by atoms with Gasteiger partial charge in [0.2, 0.25) is 0 Å². The van der Waals surface area contributed by atoms with Crippen LogP contribution >= 0.6 is 11.8 Å². The number of hydrogen-bond acceptors (Lipinski definition) is 5. The Bertz CT molecular complexity index is 395. The fourth-order valence-electron chi connectivity index (χ4n) is 2.19. The van der Waals surface area contributed by atoms with Crippen molar-refractivity contribution in [2.45, 2.75) is 38.2 Å². The van der Waals surface area contributed by atoms with Crippen LogP contribution in [0.1, 0.15) is 26.7 Å². The first kappa shape index (κ1) is 14.4. The number of carbonyl (C=O) groups is 1. The highest BCUT2D eigenvalue weighted by atomic mass is 32.2. The van der Waals surface area contributed by atoms with Crippen molar-refractivity contribution in [3.8, 4) is 0 Å². The molecule has 3 N–H and O–H groups in total. The average molecular weight is 283 g/mol. The van der Waals surface area contributed by atoms with E-state index in [9.17, 15) is 9.59 Å². The predicted octanol–water partition coefficient (Wildman–Crippen LogP) is 0.974. The molecule has 0 aromatic rings. The van der Waals surface area contributed by atoms with Crippen molar-refractivity contribution in [1.29, 1.82) is 0 Å². The molecule has 1 saturated carbocycles. The van der Waals surface area contributed by atoms with Crippen molar-refractivity contribution >= 4 is 24.1 Å². The van der Waals surface area contributed by atoms with Crippen molar-refractivity contribution in [1.82, 2.24) is 15.2 Å². The molecule has 1 radical (unpaired) electrons. The van der Waals surface area contributed by atoms with Gasteiger partial charge in [-0.2, -0.15) is 0 Å². The van der Waals surface area contributed by atoms with Gasteiger partial charge in [-0.15, -0.1) is 0 Å². The van der Waals surface area contributed by atoms with Gasteiger partial charge >= 0.3 is 6.03 Å². The molecule has 1 aliphatic carbocycles. The van der Waals surface area contributed by atoms with Crippen molar-refractivity contribution in [2.24, 2.45) is 11.8 Å². The largest absolute Gasteiger partial charge is 0.338 e. The van der Waals surface area contributed by atoms with Gasteiger partial charge in [0, 0.05) is 18.0 Å². The highest BCUT2D eigenvalue weighted by molar-refractivity contribution is 8.02. The normalized spacial score (nSPS) is 22.9. The maximum atomic E-state index is 11.9. The highest BCUT2D eigenvalue weighted by Crippen LogP contribution is 2.39. The minimum Gasteiger partial charge on any atom is -0.283 e. The predicted molar refractivity (Wildman–Crippen MR) is 74.3 cm³/mol. The van der Waals surface area contributed by atoms with Crippen LogP contribution in [0.3, 0.4) is 0 Å². The summed E-state index contributed by atoms with van der Waals surface area (Å²) in [4.78, 5) is 26.4. The molecule has 2 aliphatic rings. The number of hydrazine groups is 1. The molecule has 0 aromatic carbocycles. The quantitative estimate of drug-likeness (QED) is 0.446. The molecule has 105 valence electrons. The SMILES string of the molecule is CC(C)CN(C1CC1)C1SC=C([C]=O)N1C(=O)NN. The topological polar surface area (TPSA) is 78.7 Å². The highest BCUT2D eigenvalue weighted by Gasteiger charge is 2.42. The first-order valence-corrected chi connectivity index (χ1v) is 7.32. The maximum Gasteiger partial charge on any atom is 0.338 e. The number of nitrogens with one attached hydrogen (secondary N) is 1. The van der Waals surface area contributed by atoms with E-state index < -0.39 is 6.03 Å². The van der Waals surface area contributed by atoms with Crippen molar-refractivity contribution in [2.75, 3.05) is 6.54 Å². The fraction of sp³-hybridized carbons (Fsp3) is 0.667. The summed E-state index contributed by atoms with van der Waals surface area (Å²) in [5.74, 6) is 5.69. The van der Waals surface area contributed by atoms with Crippen LogP contribution in [-0.2, 0) is 4.79 Å². The lowest BCUT2D eigenvalue weighted by Crippen LogP contribution is -2.53. The van der Waals surface area contributed by atoms with Crippen molar-refractivity contribution < 1.29 is 9.59 Å².